The summed E-state index contributed by atoms with van der Waals surface area (Å²) in [5.41, 5.74) is 1.83. The maximum atomic E-state index is 13.4. The van der Waals surface area contributed by atoms with Gasteiger partial charge in [-0.3, -0.25) is 0 Å². The number of H-pyrrole nitrogens is 1. The van der Waals surface area contributed by atoms with Crippen LogP contribution in [0.25, 0.3) is 0 Å². The second kappa shape index (κ2) is 3.54. The molecule has 1 aromatic heterocycles. The second-order valence-electron chi connectivity index (χ2n) is 5.59. The molecule has 0 bridgehead atoms. The highest BCUT2D eigenvalue weighted by atomic mass is 32.1. The van der Waals surface area contributed by atoms with Gasteiger partial charge < -0.3 is 9.55 Å². The molecule has 2 aromatic rings. The van der Waals surface area contributed by atoms with Crippen LogP contribution in [0.15, 0.2) is 24.4 Å². The molecule has 5 heteroatoms. The van der Waals surface area contributed by atoms with E-state index in [-0.39, 0.29) is 5.41 Å². The number of hydrogen-bond donors (Lipinski definition) is 1. The zero-order chi connectivity index (χ0) is 13.2. The minimum absolute atomic E-state index is 0.129. The molecule has 19 heavy (non-hydrogen) atoms. The lowest BCUT2D eigenvalue weighted by molar-refractivity contribution is 0.436. The number of fused-ring (bicyclic) bond motifs is 2. The maximum Gasteiger partial charge on any atom is 0.177 e. The van der Waals surface area contributed by atoms with Crippen LogP contribution in [-0.2, 0) is 18.4 Å². The summed E-state index contributed by atoms with van der Waals surface area (Å²) in [6.07, 6.45) is 3.84. The first-order chi connectivity index (χ1) is 9.08. The lowest BCUT2D eigenvalue weighted by Crippen LogP contribution is -2.25. The molecule has 2 heterocycles. The van der Waals surface area contributed by atoms with Crippen LogP contribution in [0.2, 0.25) is 0 Å². The molecule has 4 rings (SSSR count). The molecule has 0 amide bonds. The normalized spacial score (nSPS) is 27.8. The molecule has 1 saturated carbocycles. The van der Waals surface area contributed by atoms with Gasteiger partial charge in [0.25, 0.3) is 0 Å². The maximum absolute atomic E-state index is 13.4. The average Bonchev–Trinajstić information content (AvgIpc) is 2.98. The molecule has 0 saturated heterocycles. The number of nitrogens with one attached hydrogen (secondary N) is 1. The van der Waals surface area contributed by atoms with E-state index < -0.39 is 11.6 Å². The van der Waals surface area contributed by atoms with Gasteiger partial charge in [0, 0.05) is 29.9 Å². The number of halogens is 2. The lowest BCUT2D eigenvalue weighted by atomic mass is 9.89. The summed E-state index contributed by atoms with van der Waals surface area (Å²) in [6.45, 7) is 0.720. The molecule has 2 atom stereocenters. The molecule has 1 N–H and O–H groups in total. The summed E-state index contributed by atoms with van der Waals surface area (Å²) in [5.74, 6) is -0.532. The van der Waals surface area contributed by atoms with Gasteiger partial charge in [-0.1, -0.05) is 0 Å². The van der Waals surface area contributed by atoms with Crippen LogP contribution in [-0.4, -0.2) is 9.55 Å². The molecule has 2 aliphatic rings. The third-order valence-electron chi connectivity index (χ3n) is 4.52. The van der Waals surface area contributed by atoms with E-state index in [0.29, 0.717) is 10.7 Å². The number of benzene rings is 1. The highest BCUT2D eigenvalue weighted by Gasteiger charge is 2.57. The number of hydrogen-bond acceptors (Lipinski definition) is 1. The van der Waals surface area contributed by atoms with E-state index in [1.165, 1.54) is 17.8 Å². The molecule has 0 spiro atoms. The molecular weight excluding hydrogens is 266 g/mol. The third-order valence-corrected chi connectivity index (χ3v) is 4.86. The summed E-state index contributed by atoms with van der Waals surface area (Å²) >= 11 is 5.25. The molecule has 98 valence electrons. The standard InChI is InChI=1S/C14H12F2N2S/c15-10-1-8(2-11(16)4-10)14-5-9(14)3-12-6-17-13(19)18(12)7-14/h1-2,4,6,9H,3,5,7H2,(H,17,19)/t9?,14-/m1/s1. The van der Waals surface area contributed by atoms with Crippen LogP contribution in [0.1, 0.15) is 17.7 Å². The van der Waals surface area contributed by atoms with Gasteiger partial charge in [-0.15, -0.1) is 0 Å². The molecule has 1 unspecified atom stereocenters. The summed E-state index contributed by atoms with van der Waals surface area (Å²) in [6, 6.07) is 3.85. The molecule has 0 radical (unpaired) electrons. The van der Waals surface area contributed by atoms with Crippen LogP contribution in [0.5, 0.6) is 0 Å². The second-order valence-corrected chi connectivity index (χ2v) is 5.98. The van der Waals surface area contributed by atoms with Gasteiger partial charge in [0.15, 0.2) is 4.77 Å². The van der Waals surface area contributed by atoms with Crippen molar-refractivity contribution in [3.8, 4) is 0 Å². The fourth-order valence-corrected chi connectivity index (χ4v) is 3.68. The van der Waals surface area contributed by atoms with Crippen molar-refractivity contribution in [2.24, 2.45) is 5.92 Å². The Morgan fingerprint density at radius 1 is 1.26 bits per heavy atom. The fraction of sp³-hybridized carbons (Fsp3) is 0.357. The van der Waals surface area contributed by atoms with E-state index in [1.807, 2.05) is 6.20 Å². The Balaban J connectivity index is 1.81. The summed E-state index contributed by atoms with van der Waals surface area (Å²) in [7, 11) is 0. The van der Waals surface area contributed by atoms with Crippen molar-refractivity contribution in [2.45, 2.75) is 24.8 Å². The van der Waals surface area contributed by atoms with E-state index in [9.17, 15) is 8.78 Å². The van der Waals surface area contributed by atoms with Gasteiger partial charge in [0.2, 0.25) is 0 Å². The van der Waals surface area contributed by atoms with Crippen molar-refractivity contribution in [1.29, 1.82) is 0 Å². The predicted molar refractivity (Wildman–Crippen MR) is 69.5 cm³/mol. The number of aromatic amines is 1. The number of imidazole rings is 1. The van der Waals surface area contributed by atoms with Gasteiger partial charge in [0.05, 0.1) is 0 Å². The average molecular weight is 278 g/mol. The van der Waals surface area contributed by atoms with Crippen molar-refractivity contribution in [2.75, 3.05) is 0 Å². The Morgan fingerprint density at radius 2 is 2.00 bits per heavy atom. The minimum atomic E-state index is -0.501. The van der Waals surface area contributed by atoms with E-state index in [4.69, 9.17) is 12.2 Å². The molecule has 2 nitrogen and oxygen atoms in total. The van der Waals surface area contributed by atoms with Crippen molar-refractivity contribution in [3.05, 3.63) is 52.1 Å². The van der Waals surface area contributed by atoms with Crippen LogP contribution < -0.4 is 0 Å². The molecular formula is C14H12F2N2S. The van der Waals surface area contributed by atoms with Crippen LogP contribution in [0.4, 0.5) is 8.78 Å². The van der Waals surface area contributed by atoms with Crippen LogP contribution in [0, 0.1) is 22.3 Å². The van der Waals surface area contributed by atoms with Gasteiger partial charge >= 0.3 is 0 Å². The number of rotatable bonds is 1. The topological polar surface area (TPSA) is 20.7 Å². The Morgan fingerprint density at radius 3 is 2.74 bits per heavy atom. The largest absolute Gasteiger partial charge is 0.337 e. The van der Waals surface area contributed by atoms with Crippen LogP contribution >= 0.6 is 12.2 Å². The highest BCUT2D eigenvalue weighted by molar-refractivity contribution is 7.71. The van der Waals surface area contributed by atoms with Crippen LogP contribution in [0.3, 0.4) is 0 Å². The van der Waals surface area contributed by atoms with E-state index in [1.54, 1.807) is 0 Å². The lowest BCUT2D eigenvalue weighted by Gasteiger charge is -2.25. The Hall–Kier alpha value is -1.49. The molecule has 1 aromatic carbocycles. The first kappa shape index (κ1) is 11.3. The fourth-order valence-electron chi connectivity index (χ4n) is 3.44. The van der Waals surface area contributed by atoms with E-state index >= 15 is 0 Å². The predicted octanol–water partition coefficient (Wildman–Crippen LogP) is 3.34. The molecule has 1 aliphatic carbocycles. The highest BCUT2D eigenvalue weighted by Crippen LogP contribution is 2.59. The van der Waals surface area contributed by atoms with Gasteiger partial charge in [-0.25, -0.2) is 8.78 Å². The minimum Gasteiger partial charge on any atom is -0.337 e. The zero-order valence-corrected chi connectivity index (χ0v) is 10.9. The first-order valence-electron chi connectivity index (χ1n) is 6.32. The SMILES string of the molecule is Fc1cc(F)cc([C@]23CC2Cc2c[nH]c(=S)n2C3)c1. The quantitative estimate of drug-likeness (QED) is 0.793. The summed E-state index contributed by atoms with van der Waals surface area (Å²) in [5, 5.41) is 0. The van der Waals surface area contributed by atoms with E-state index in [2.05, 4.69) is 9.55 Å². The molecule has 1 aliphatic heterocycles. The molecule has 1 fully saturated rings. The van der Waals surface area contributed by atoms with Crippen molar-refractivity contribution in [1.82, 2.24) is 9.55 Å². The van der Waals surface area contributed by atoms with Crippen molar-refractivity contribution >= 4 is 12.2 Å². The smallest absolute Gasteiger partial charge is 0.177 e. The monoisotopic (exact) mass is 278 g/mol. The van der Waals surface area contributed by atoms with E-state index in [0.717, 1.165) is 31.0 Å². The first-order valence-corrected chi connectivity index (χ1v) is 6.73. The van der Waals surface area contributed by atoms with Crippen molar-refractivity contribution in [3.63, 3.8) is 0 Å². The number of nitrogens with zero attached hydrogens (tertiary/aromatic N) is 1. The zero-order valence-electron chi connectivity index (χ0n) is 10.1. The summed E-state index contributed by atoms with van der Waals surface area (Å²) in [4.78, 5) is 3.04. The number of aromatic nitrogens is 2. The van der Waals surface area contributed by atoms with Gasteiger partial charge in [-0.05, 0) is 48.7 Å². The Labute approximate surface area is 114 Å². The third kappa shape index (κ3) is 1.54. The summed E-state index contributed by atoms with van der Waals surface area (Å²) < 4.78 is 29.6. The van der Waals surface area contributed by atoms with Crippen molar-refractivity contribution < 1.29 is 8.78 Å². The Kier molecular flexibility index (Phi) is 2.11. The van der Waals surface area contributed by atoms with Gasteiger partial charge in [-0.2, -0.15) is 0 Å². The Bertz CT molecular complexity index is 713. The van der Waals surface area contributed by atoms with Gasteiger partial charge in [0.1, 0.15) is 11.6 Å².